The fraction of sp³-hybridized carbons (Fsp3) is 0.609. The number of carbonyl (C=O) groups excluding carboxylic acids is 3. The Morgan fingerprint density at radius 1 is 1.10 bits per heavy atom. The highest BCUT2D eigenvalue weighted by molar-refractivity contribution is 6.07. The van der Waals surface area contributed by atoms with Gasteiger partial charge in [0.25, 0.3) is 0 Å². The molecule has 3 amide bonds. The summed E-state index contributed by atoms with van der Waals surface area (Å²) in [6, 6.07) is 5.24. The molecule has 1 heterocycles. The highest BCUT2D eigenvalue weighted by Crippen LogP contribution is 2.38. The second-order valence-corrected chi connectivity index (χ2v) is 8.66. The zero-order valence-electron chi connectivity index (χ0n) is 18.3. The first-order valence-corrected chi connectivity index (χ1v) is 10.8. The molecule has 1 aromatic rings. The van der Waals surface area contributed by atoms with E-state index in [0.717, 1.165) is 36.1 Å². The topological polar surface area (TPSA) is 84.9 Å². The number of ether oxygens (including phenoxy) is 2. The first kappa shape index (κ1) is 22.1. The minimum Gasteiger partial charge on any atom is -0.493 e. The van der Waals surface area contributed by atoms with E-state index in [1.165, 1.54) is 0 Å². The number of benzene rings is 1. The Morgan fingerprint density at radius 2 is 1.73 bits per heavy atom. The van der Waals surface area contributed by atoms with Gasteiger partial charge in [0, 0.05) is 0 Å². The molecule has 0 unspecified atom stereocenters. The molecule has 7 heteroatoms. The number of nitrogens with one attached hydrogen (secondary N) is 1. The summed E-state index contributed by atoms with van der Waals surface area (Å²) in [5.74, 6) is 0.446. The van der Waals surface area contributed by atoms with E-state index in [1.807, 2.05) is 25.1 Å². The minimum atomic E-state index is -0.345. The third kappa shape index (κ3) is 4.77. The zero-order valence-corrected chi connectivity index (χ0v) is 18.3. The molecule has 2 aliphatic rings. The molecule has 0 aromatic heterocycles. The molecule has 1 N–H and O–H groups in total. The number of imide groups is 1. The molecule has 0 spiro atoms. The summed E-state index contributed by atoms with van der Waals surface area (Å²) >= 11 is 0. The van der Waals surface area contributed by atoms with Crippen LogP contribution < -0.4 is 14.8 Å². The molecule has 3 rings (SSSR count). The molecule has 1 aliphatic heterocycles. The number of hydrogen-bond donors (Lipinski definition) is 1. The first-order chi connectivity index (χ1) is 14.3. The van der Waals surface area contributed by atoms with Crippen molar-refractivity contribution in [3.8, 4) is 11.5 Å². The standard InChI is InChI=1S/C23H32N2O5/c1-14(2)13-30-19-10-9-16(11-20(19)29-4)15(3)24-21(26)12-25-22(27)17-7-5-6-8-18(17)23(25)28/h9-11,14-15,17-18H,5-8,12-13H2,1-4H3,(H,24,26)/t15-,17-,18-/m0/s1. The van der Waals surface area contributed by atoms with Crippen molar-refractivity contribution in [1.29, 1.82) is 0 Å². The summed E-state index contributed by atoms with van der Waals surface area (Å²) in [7, 11) is 1.58. The molecule has 30 heavy (non-hydrogen) atoms. The Bertz CT molecular complexity index is 783. The van der Waals surface area contributed by atoms with Crippen LogP contribution in [0.4, 0.5) is 0 Å². The molecule has 164 valence electrons. The second-order valence-electron chi connectivity index (χ2n) is 8.66. The molecular weight excluding hydrogens is 384 g/mol. The van der Waals surface area contributed by atoms with Gasteiger partial charge < -0.3 is 14.8 Å². The van der Waals surface area contributed by atoms with E-state index in [4.69, 9.17) is 9.47 Å². The molecule has 2 fully saturated rings. The smallest absolute Gasteiger partial charge is 0.240 e. The van der Waals surface area contributed by atoms with E-state index in [0.29, 0.717) is 24.0 Å². The number of likely N-dealkylation sites (tertiary alicyclic amines) is 1. The normalized spacial score (nSPS) is 22.1. The monoisotopic (exact) mass is 416 g/mol. The van der Waals surface area contributed by atoms with Crippen LogP contribution in [0.5, 0.6) is 11.5 Å². The third-order valence-electron chi connectivity index (χ3n) is 5.87. The van der Waals surface area contributed by atoms with Crippen LogP contribution in [0.2, 0.25) is 0 Å². The van der Waals surface area contributed by atoms with Gasteiger partial charge in [0.1, 0.15) is 6.54 Å². The van der Waals surface area contributed by atoms with E-state index in [9.17, 15) is 14.4 Å². The van der Waals surface area contributed by atoms with Crippen LogP contribution in [0.3, 0.4) is 0 Å². The SMILES string of the molecule is COc1cc([C@H](C)NC(=O)CN2C(=O)[C@H]3CCCC[C@@H]3C2=O)ccc1OCC(C)C. The van der Waals surface area contributed by atoms with Gasteiger partial charge in [-0.1, -0.05) is 32.8 Å². The number of amides is 3. The Morgan fingerprint density at radius 3 is 2.30 bits per heavy atom. The molecule has 1 aliphatic carbocycles. The molecule has 3 atom stereocenters. The number of nitrogens with zero attached hydrogens (tertiary/aromatic N) is 1. The largest absolute Gasteiger partial charge is 0.493 e. The van der Waals surface area contributed by atoms with Crippen LogP contribution >= 0.6 is 0 Å². The summed E-state index contributed by atoms with van der Waals surface area (Å²) in [6.45, 7) is 6.37. The van der Waals surface area contributed by atoms with Gasteiger partial charge in [-0.3, -0.25) is 19.3 Å². The van der Waals surface area contributed by atoms with Crippen molar-refractivity contribution >= 4 is 17.7 Å². The maximum absolute atomic E-state index is 12.6. The van der Waals surface area contributed by atoms with E-state index >= 15 is 0 Å². The fourth-order valence-electron chi connectivity index (χ4n) is 4.23. The maximum atomic E-state index is 12.6. The Kier molecular flexibility index (Phi) is 7.00. The van der Waals surface area contributed by atoms with Gasteiger partial charge in [-0.25, -0.2) is 0 Å². The van der Waals surface area contributed by atoms with Crippen molar-refractivity contribution in [3.05, 3.63) is 23.8 Å². The minimum absolute atomic E-state index is 0.194. The van der Waals surface area contributed by atoms with Crippen molar-refractivity contribution in [1.82, 2.24) is 10.2 Å². The van der Waals surface area contributed by atoms with Gasteiger partial charge in [-0.05, 0) is 43.4 Å². The van der Waals surface area contributed by atoms with E-state index in [1.54, 1.807) is 7.11 Å². The number of hydrogen-bond acceptors (Lipinski definition) is 5. The van der Waals surface area contributed by atoms with Crippen molar-refractivity contribution in [3.63, 3.8) is 0 Å². The van der Waals surface area contributed by atoms with Crippen LogP contribution in [0.25, 0.3) is 0 Å². The van der Waals surface area contributed by atoms with Gasteiger partial charge in [0.2, 0.25) is 17.7 Å². The van der Waals surface area contributed by atoms with Crippen LogP contribution in [0.1, 0.15) is 58.1 Å². The summed E-state index contributed by atoms with van der Waals surface area (Å²) in [6.07, 6.45) is 3.43. The lowest BCUT2D eigenvalue weighted by atomic mass is 9.81. The predicted octanol–water partition coefficient (Wildman–Crippen LogP) is 3.08. The zero-order chi connectivity index (χ0) is 21.8. The Labute approximate surface area is 178 Å². The van der Waals surface area contributed by atoms with E-state index < -0.39 is 0 Å². The average molecular weight is 417 g/mol. The maximum Gasteiger partial charge on any atom is 0.240 e. The molecule has 0 radical (unpaired) electrons. The summed E-state index contributed by atoms with van der Waals surface area (Å²) in [5.41, 5.74) is 0.852. The van der Waals surface area contributed by atoms with Crippen LogP contribution in [0.15, 0.2) is 18.2 Å². The molecule has 0 bridgehead atoms. The highest BCUT2D eigenvalue weighted by Gasteiger charge is 2.48. The lowest BCUT2D eigenvalue weighted by molar-refractivity contribution is -0.143. The number of rotatable bonds is 8. The molecule has 1 saturated carbocycles. The van der Waals surface area contributed by atoms with Gasteiger partial charge in [-0.2, -0.15) is 0 Å². The van der Waals surface area contributed by atoms with Crippen molar-refractivity contribution in [2.45, 2.75) is 52.5 Å². The Balaban J connectivity index is 1.61. The summed E-state index contributed by atoms with van der Waals surface area (Å²) in [4.78, 5) is 38.8. The highest BCUT2D eigenvalue weighted by atomic mass is 16.5. The molecule has 1 aromatic carbocycles. The number of carbonyl (C=O) groups is 3. The van der Waals surface area contributed by atoms with Gasteiger partial charge >= 0.3 is 0 Å². The van der Waals surface area contributed by atoms with E-state index in [-0.39, 0.29) is 42.1 Å². The number of methoxy groups -OCH3 is 1. The van der Waals surface area contributed by atoms with Crippen LogP contribution in [-0.4, -0.2) is 42.9 Å². The molecule has 1 saturated heterocycles. The van der Waals surface area contributed by atoms with Gasteiger partial charge in [0.15, 0.2) is 11.5 Å². The average Bonchev–Trinajstić information content (AvgIpc) is 2.97. The fourth-order valence-corrected chi connectivity index (χ4v) is 4.23. The van der Waals surface area contributed by atoms with Crippen LogP contribution in [-0.2, 0) is 14.4 Å². The lowest BCUT2D eigenvalue weighted by Gasteiger charge is -2.19. The predicted molar refractivity (Wildman–Crippen MR) is 112 cm³/mol. The first-order valence-electron chi connectivity index (χ1n) is 10.8. The quantitative estimate of drug-likeness (QED) is 0.659. The summed E-state index contributed by atoms with van der Waals surface area (Å²) in [5, 5.41) is 2.89. The van der Waals surface area contributed by atoms with Crippen molar-refractivity contribution in [2.24, 2.45) is 17.8 Å². The molecule has 7 nitrogen and oxygen atoms in total. The van der Waals surface area contributed by atoms with Crippen LogP contribution in [0, 0.1) is 17.8 Å². The van der Waals surface area contributed by atoms with E-state index in [2.05, 4.69) is 19.2 Å². The lowest BCUT2D eigenvalue weighted by Crippen LogP contribution is -2.41. The second kappa shape index (κ2) is 9.49. The third-order valence-corrected chi connectivity index (χ3v) is 5.87. The summed E-state index contributed by atoms with van der Waals surface area (Å²) < 4.78 is 11.2. The van der Waals surface area contributed by atoms with Gasteiger partial charge in [-0.15, -0.1) is 0 Å². The number of fused-ring (bicyclic) bond motifs is 1. The van der Waals surface area contributed by atoms with Crippen molar-refractivity contribution < 1.29 is 23.9 Å². The Hall–Kier alpha value is -2.57. The van der Waals surface area contributed by atoms with Crippen molar-refractivity contribution in [2.75, 3.05) is 20.3 Å². The van der Waals surface area contributed by atoms with Gasteiger partial charge in [0.05, 0.1) is 31.6 Å². The molecular formula is C23H32N2O5.